The van der Waals surface area contributed by atoms with Gasteiger partial charge in [0.25, 0.3) is 0 Å². The molecule has 1 N–H and O–H groups in total. The molecule has 0 aromatic heterocycles. The molecule has 1 aliphatic rings. The monoisotopic (exact) mass is 402 g/mol. The van der Waals surface area contributed by atoms with Gasteiger partial charge in [0.2, 0.25) is 6.79 Å². The minimum atomic E-state index is -2.21. The molecule has 3 rings (SSSR count). The van der Waals surface area contributed by atoms with Gasteiger partial charge in [-0.25, -0.2) is 0 Å². The molecule has 0 bridgehead atoms. The molecular weight excluding hydrogens is 372 g/mol. The van der Waals surface area contributed by atoms with Gasteiger partial charge in [0.15, 0.2) is 11.5 Å². The fourth-order valence-electron chi connectivity index (χ4n) is 5.00. The maximum atomic E-state index is 11.9. The summed E-state index contributed by atoms with van der Waals surface area (Å²) in [7, 11) is -5.63. The van der Waals surface area contributed by atoms with Crippen molar-refractivity contribution in [1.82, 2.24) is 0 Å². The zero-order valence-electron chi connectivity index (χ0n) is 16.7. The van der Waals surface area contributed by atoms with Crippen molar-refractivity contribution >= 4 is 27.5 Å². The van der Waals surface area contributed by atoms with Crippen molar-refractivity contribution in [2.75, 3.05) is 6.79 Å². The van der Waals surface area contributed by atoms with Crippen molar-refractivity contribution in [3.63, 3.8) is 0 Å². The van der Waals surface area contributed by atoms with Crippen LogP contribution >= 0.6 is 0 Å². The average Bonchev–Trinajstić information content (AvgIpc) is 3.01. The lowest BCUT2D eigenvalue weighted by Crippen LogP contribution is -2.81. The second-order valence-corrected chi connectivity index (χ2v) is 36.2. The molecule has 2 aromatic rings. The Bertz CT molecular complexity index is 765. The van der Waals surface area contributed by atoms with Crippen LogP contribution < -0.4 is 14.7 Å². The Labute approximate surface area is 159 Å². The summed E-state index contributed by atoms with van der Waals surface area (Å²) >= 11 is 0. The maximum absolute atomic E-state index is 11.9. The van der Waals surface area contributed by atoms with Gasteiger partial charge in [-0.3, -0.25) is 0 Å². The fourth-order valence-corrected chi connectivity index (χ4v) is 51.5. The van der Waals surface area contributed by atoms with Gasteiger partial charge in [0.05, 0.1) is 5.73 Å². The third-order valence-corrected chi connectivity index (χ3v) is 43.9. The first-order chi connectivity index (χ1) is 12.1. The average molecular weight is 403 g/mol. The fraction of sp³-hybridized carbons (Fsp3) is 0.400. The second-order valence-electron chi connectivity index (χ2n) is 9.19. The first kappa shape index (κ1) is 19.4. The van der Waals surface area contributed by atoms with Crippen molar-refractivity contribution in [2.45, 2.75) is 45.0 Å². The smallest absolute Gasteiger partial charge is 0.231 e. The Kier molecular flexibility index (Phi) is 4.98. The molecule has 26 heavy (non-hydrogen) atoms. The van der Waals surface area contributed by atoms with Crippen LogP contribution in [0.2, 0.25) is 39.3 Å². The summed E-state index contributed by atoms with van der Waals surface area (Å²) in [6, 6.07) is 16.8. The van der Waals surface area contributed by atoms with E-state index >= 15 is 0 Å². The van der Waals surface area contributed by atoms with E-state index in [-0.39, 0.29) is 6.79 Å². The highest BCUT2D eigenvalue weighted by Gasteiger charge is 2.60. The predicted octanol–water partition coefficient (Wildman–Crippen LogP) is 4.18. The number of hydrogen-bond acceptors (Lipinski definition) is 3. The maximum Gasteiger partial charge on any atom is 0.231 e. The third kappa shape index (κ3) is 2.98. The number of rotatable bonds is 5. The van der Waals surface area contributed by atoms with Crippen molar-refractivity contribution < 1.29 is 14.6 Å². The van der Waals surface area contributed by atoms with E-state index in [1.807, 2.05) is 18.2 Å². The quantitative estimate of drug-likeness (QED) is 0.763. The van der Waals surface area contributed by atoms with Crippen LogP contribution in [0, 0.1) is 0 Å². The number of benzene rings is 2. The van der Waals surface area contributed by atoms with Gasteiger partial charge in [0, 0.05) is 15.2 Å². The second kappa shape index (κ2) is 6.67. The normalized spacial score (nSPS) is 15.8. The molecule has 0 fully saturated rings. The lowest BCUT2D eigenvalue weighted by Gasteiger charge is -2.53. The standard InChI is InChI=1S/C20H30O3Si3/c1-24(2,3)26(25(4,5)6,17-10-8-7-9-11-17)20(21)16-12-13-18-19(14-16)23-15-22-18/h7-14,20-21H,15H2,1-6H3. The van der Waals surface area contributed by atoms with Crippen molar-refractivity contribution in [2.24, 2.45) is 0 Å². The molecule has 0 radical (unpaired) electrons. The van der Waals surface area contributed by atoms with Crippen LogP contribution in [0.5, 0.6) is 11.5 Å². The van der Waals surface area contributed by atoms with Crippen molar-refractivity contribution in [3.8, 4) is 11.5 Å². The lowest BCUT2D eigenvalue weighted by molar-refractivity contribution is 0.173. The number of aliphatic hydroxyl groups is 1. The molecule has 2 aromatic carbocycles. The molecule has 1 heterocycles. The van der Waals surface area contributed by atoms with E-state index in [1.54, 1.807) is 0 Å². The molecule has 1 atom stereocenters. The summed E-state index contributed by atoms with van der Waals surface area (Å²) < 4.78 is 11.0. The summed E-state index contributed by atoms with van der Waals surface area (Å²) in [5.74, 6) is 1.53. The van der Waals surface area contributed by atoms with Gasteiger partial charge < -0.3 is 14.6 Å². The Morgan fingerprint density at radius 2 is 1.38 bits per heavy atom. The van der Waals surface area contributed by atoms with Gasteiger partial charge in [-0.05, 0) is 17.7 Å². The number of ether oxygens (including phenoxy) is 2. The molecule has 0 aliphatic carbocycles. The van der Waals surface area contributed by atoms with E-state index in [4.69, 9.17) is 9.47 Å². The van der Waals surface area contributed by atoms with Crippen LogP contribution in [0.3, 0.4) is 0 Å². The Morgan fingerprint density at radius 1 is 0.808 bits per heavy atom. The minimum absolute atomic E-state index is 0.262. The lowest BCUT2D eigenvalue weighted by atomic mass is 10.2. The molecule has 0 saturated carbocycles. The zero-order valence-corrected chi connectivity index (χ0v) is 19.7. The minimum Gasteiger partial charge on any atom is -0.454 e. The first-order valence-electron chi connectivity index (χ1n) is 9.22. The van der Waals surface area contributed by atoms with Crippen LogP contribution in [0.25, 0.3) is 0 Å². The topological polar surface area (TPSA) is 38.7 Å². The number of fused-ring (bicyclic) bond motifs is 1. The van der Waals surface area contributed by atoms with Crippen molar-refractivity contribution in [1.29, 1.82) is 0 Å². The molecule has 6 heteroatoms. The van der Waals surface area contributed by atoms with Gasteiger partial charge in [-0.15, -0.1) is 0 Å². The highest BCUT2D eigenvalue weighted by atomic mass is 29.6. The highest BCUT2D eigenvalue weighted by molar-refractivity contribution is 7.73. The van der Waals surface area contributed by atoms with E-state index in [0.29, 0.717) is 0 Å². The van der Waals surface area contributed by atoms with Gasteiger partial charge >= 0.3 is 0 Å². The van der Waals surface area contributed by atoms with Gasteiger partial charge in [-0.2, -0.15) is 0 Å². The van der Waals surface area contributed by atoms with Crippen LogP contribution in [-0.2, 0) is 0 Å². The highest BCUT2D eigenvalue weighted by Crippen LogP contribution is 2.42. The van der Waals surface area contributed by atoms with E-state index in [9.17, 15) is 5.11 Å². The summed E-state index contributed by atoms with van der Waals surface area (Å²) in [5.41, 5.74) is 0.548. The molecule has 1 aliphatic heterocycles. The van der Waals surface area contributed by atoms with E-state index < -0.39 is 28.0 Å². The summed E-state index contributed by atoms with van der Waals surface area (Å²) in [6.45, 7) is 14.9. The van der Waals surface area contributed by atoms with Crippen molar-refractivity contribution in [3.05, 3.63) is 54.1 Å². The largest absolute Gasteiger partial charge is 0.454 e. The van der Waals surface area contributed by atoms with Crippen LogP contribution in [0.15, 0.2) is 48.5 Å². The van der Waals surface area contributed by atoms with Gasteiger partial charge in [0.1, 0.15) is 7.11 Å². The predicted molar refractivity (Wildman–Crippen MR) is 116 cm³/mol. The first-order valence-corrected chi connectivity index (χ1v) is 20.3. The van der Waals surface area contributed by atoms with E-state index in [0.717, 1.165) is 17.1 Å². The number of aliphatic hydroxyl groups excluding tert-OH is 1. The SMILES string of the molecule is C[Si](C)(C)[Si](c1ccccc1)(C(O)c1ccc2c(c1)OCO2)[Si](C)(C)C. The summed E-state index contributed by atoms with van der Waals surface area (Å²) in [4.78, 5) is 0. The molecule has 0 saturated heterocycles. The molecular formula is C20H30O3Si3. The van der Waals surface area contributed by atoms with E-state index in [2.05, 4.69) is 69.6 Å². The Balaban J connectivity index is 2.23. The van der Waals surface area contributed by atoms with E-state index in [1.165, 1.54) is 5.19 Å². The van der Waals surface area contributed by atoms with Crippen LogP contribution in [-0.4, -0.2) is 34.2 Å². The summed E-state index contributed by atoms with van der Waals surface area (Å²) in [6.07, 6.45) is 0. The van der Waals surface area contributed by atoms with Crippen LogP contribution in [0.1, 0.15) is 11.3 Å². The number of hydrogen-bond donors (Lipinski definition) is 1. The molecule has 0 amide bonds. The molecule has 1 unspecified atom stereocenters. The molecule has 3 nitrogen and oxygen atoms in total. The molecule has 0 spiro atoms. The van der Waals surface area contributed by atoms with Crippen LogP contribution in [0.4, 0.5) is 0 Å². The Morgan fingerprint density at radius 3 is 1.96 bits per heavy atom. The Hall–Kier alpha value is -1.35. The molecule has 140 valence electrons. The van der Waals surface area contributed by atoms with Gasteiger partial charge in [-0.1, -0.05) is 80.9 Å². The zero-order chi connectivity index (χ0) is 19.2. The third-order valence-electron chi connectivity index (χ3n) is 5.72. The summed E-state index contributed by atoms with van der Waals surface area (Å²) in [5, 5.41) is 13.3.